The summed E-state index contributed by atoms with van der Waals surface area (Å²) in [6.07, 6.45) is 0. The van der Waals surface area contributed by atoms with Crippen LogP contribution in [0.1, 0.15) is 0 Å². The Morgan fingerprint density at radius 2 is 1.00 bits per heavy atom. The minimum absolute atomic E-state index is 0.617. The number of thiophene rings is 1. The molecule has 54 heavy (non-hydrogen) atoms. The molecule has 0 unspecified atom stereocenters. The van der Waals surface area contributed by atoms with E-state index in [1.54, 1.807) is 11.3 Å². The molecule has 0 aliphatic carbocycles. The van der Waals surface area contributed by atoms with Gasteiger partial charge in [-0.05, 0) is 70.1 Å². The summed E-state index contributed by atoms with van der Waals surface area (Å²) in [5, 5.41) is 6.71. The number of hydrogen-bond donors (Lipinski definition) is 0. The Kier molecular flexibility index (Phi) is 7.00. The summed E-state index contributed by atoms with van der Waals surface area (Å²) in [7, 11) is 0. The van der Waals surface area contributed by atoms with E-state index in [4.69, 9.17) is 19.4 Å². The number of rotatable bonds is 5. The van der Waals surface area contributed by atoms with E-state index in [1.807, 2.05) is 24.3 Å². The molecule has 0 saturated carbocycles. The van der Waals surface area contributed by atoms with Crippen LogP contribution in [-0.4, -0.2) is 15.0 Å². The van der Waals surface area contributed by atoms with Crippen molar-refractivity contribution in [3.05, 3.63) is 176 Å². The van der Waals surface area contributed by atoms with Crippen molar-refractivity contribution in [1.82, 2.24) is 15.0 Å². The first-order valence-electron chi connectivity index (χ1n) is 18.0. The monoisotopic (exact) mass is 707 g/mol. The summed E-state index contributed by atoms with van der Waals surface area (Å²) in [6.45, 7) is 0. The van der Waals surface area contributed by atoms with E-state index < -0.39 is 0 Å². The van der Waals surface area contributed by atoms with Crippen LogP contribution in [0.5, 0.6) is 0 Å². The molecule has 3 heterocycles. The molecule has 11 aromatic rings. The summed E-state index contributed by atoms with van der Waals surface area (Å²) in [4.78, 5) is 15.5. The second-order valence-corrected chi connectivity index (χ2v) is 14.7. The van der Waals surface area contributed by atoms with Gasteiger partial charge in [-0.15, -0.1) is 11.3 Å². The standard InChI is InChI=1S/C49H29N3OS/c1-3-10-30(11-4-1)31-18-20-32(21-19-31)35-24-27-43-41(28-35)45-39(16-9-17-44(45)54-43)49-51-47(34-13-5-2-6-14-34)50-48(52-49)36-23-26-42-40(29-36)38-25-22-33-12-7-8-15-37(33)46(38)53-42/h1-29H. The zero-order valence-corrected chi connectivity index (χ0v) is 29.7. The highest BCUT2D eigenvalue weighted by Gasteiger charge is 2.19. The van der Waals surface area contributed by atoms with Gasteiger partial charge in [0.25, 0.3) is 0 Å². The largest absolute Gasteiger partial charge is 0.455 e. The van der Waals surface area contributed by atoms with Crippen molar-refractivity contribution in [2.75, 3.05) is 0 Å². The number of fused-ring (bicyclic) bond motifs is 8. The Balaban J connectivity index is 1.08. The summed E-state index contributed by atoms with van der Waals surface area (Å²) in [5.74, 6) is 1.89. The fourth-order valence-electron chi connectivity index (χ4n) is 7.66. The van der Waals surface area contributed by atoms with Crippen LogP contribution in [0.3, 0.4) is 0 Å². The average molecular weight is 708 g/mol. The first-order chi connectivity index (χ1) is 26.7. The highest BCUT2D eigenvalue weighted by atomic mass is 32.1. The first kappa shape index (κ1) is 30.7. The lowest BCUT2D eigenvalue weighted by Gasteiger charge is -2.10. The molecule has 0 aliphatic rings. The Hall–Kier alpha value is -6.95. The van der Waals surface area contributed by atoms with Crippen molar-refractivity contribution in [2.45, 2.75) is 0 Å². The quantitative estimate of drug-likeness (QED) is 0.179. The smallest absolute Gasteiger partial charge is 0.164 e. The van der Waals surface area contributed by atoms with Gasteiger partial charge in [0.1, 0.15) is 11.2 Å². The third-order valence-electron chi connectivity index (χ3n) is 10.3. The highest BCUT2D eigenvalue weighted by Crippen LogP contribution is 2.42. The summed E-state index contributed by atoms with van der Waals surface area (Å²) in [5.41, 5.74) is 9.33. The summed E-state index contributed by atoms with van der Waals surface area (Å²) >= 11 is 1.80. The molecule has 0 radical (unpaired) electrons. The van der Waals surface area contributed by atoms with Gasteiger partial charge in [0.2, 0.25) is 0 Å². The minimum atomic E-state index is 0.617. The van der Waals surface area contributed by atoms with Crippen molar-refractivity contribution < 1.29 is 4.42 Å². The van der Waals surface area contributed by atoms with Crippen molar-refractivity contribution in [3.8, 4) is 56.4 Å². The van der Waals surface area contributed by atoms with Crippen LogP contribution in [0.25, 0.3) is 109 Å². The van der Waals surface area contributed by atoms with Crippen molar-refractivity contribution in [2.24, 2.45) is 0 Å². The minimum Gasteiger partial charge on any atom is -0.455 e. The zero-order valence-electron chi connectivity index (χ0n) is 28.9. The van der Waals surface area contributed by atoms with Crippen molar-refractivity contribution >= 4 is 64.2 Å². The fourth-order valence-corrected chi connectivity index (χ4v) is 8.78. The van der Waals surface area contributed by atoms with Gasteiger partial charge in [0.05, 0.1) is 0 Å². The normalized spacial score (nSPS) is 11.7. The lowest BCUT2D eigenvalue weighted by molar-refractivity contribution is 0.672. The van der Waals surface area contributed by atoms with E-state index in [9.17, 15) is 0 Å². The zero-order chi connectivity index (χ0) is 35.6. The predicted octanol–water partition coefficient (Wildman–Crippen LogP) is 13.6. The molecule has 5 heteroatoms. The van der Waals surface area contributed by atoms with Gasteiger partial charge in [-0.3, -0.25) is 0 Å². The third-order valence-corrected chi connectivity index (χ3v) is 11.5. The molecule has 0 N–H and O–H groups in total. The van der Waals surface area contributed by atoms with Gasteiger partial charge in [0.15, 0.2) is 17.5 Å². The molecule has 0 atom stereocenters. The number of benzene rings is 8. The molecular weight excluding hydrogens is 679 g/mol. The number of furan rings is 1. The predicted molar refractivity (Wildman–Crippen MR) is 225 cm³/mol. The summed E-state index contributed by atoms with van der Waals surface area (Å²) < 4.78 is 8.86. The Labute approximate surface area is 314 Å². The van der Waals surface area contributed by atoms with Crippen LogP contribution in [0.4, 0.5) is 0 Å². The van der Waals surface area contributed by atoms with Crippen molar-refractivity contribution in [1.29, 1.82) is 0 Å². The second kappa shape index (κ2) is 12.3. The molecule has 0 bridgehead atoms. The molecule has 0 spiro atoms. The van der Waals surface area contributed by atoms with Crippen LogP contribution < -0.4 is 0 Å². The maximum Gasteiger partial charge on any atom is 0.164 e. The molecule has 3 aromatic heterocycles. The summed E-state index contributed by atoms with van der Waals surface area (Å²) in [6, 6.07) is 61.6. The van der Waals surface area contributed by atoms with Gasteiger partial charge in [-0.25, -0.2) is 15.0 Å². The SMILES string of the molecule is c1ccc(-c2ccc(-c3ccc4sc5cccc(-c6nc(-c7ccccc7)nc(-c7ccc8oc9c%10ccccc%10ccc9c8c7)n6)c5c4c3)cc2)cc1. The third kappa shape index (κ3) is 5.09. The Bertz CT molecular complexity index is 3200. The van der Waals surface area contributed by atoms with Crippen LogP contribution in [0, 0.1) is 0 Å². The molecular formula is C49H29N3OS. The number of nitrogens with zero attached hydrogens (tertiary/aromatic N) is 3. The van der Waals surface area contributed by atoms with Crippen LogP contribution in [0.2, 0.25) is 0 Å². The van der Waals surface area contributed by atoms with E-state index >= 15 is 0 Å². The second-order valence-electron chi connectivity index (χ2n) is 13.6. The van der Waals surface area contributed by atoms with Crippen LogP contribution >= 0.6 is 11.3 Å². The van der Waals surface area contributed by atoms with Crippen LogP contribution in [-0.2, 0) is 0 Å². The van der Waals surface area contributed by atoms with Gasteiger partial charge in [0, 0.05) is 53.0 Å². The number of aromatic nitrogens is 3. The fraction of sp³-hybridized carbons (Fsp3) is 0. The molecule has 4 nitrogen and oxygen atoms in total. The molecule has 0 fully saturated rings. The van der Waals surface area contributed by atoms with Gasteiger partial charge < -0.3 is 4.42 Å². The highest BCUT2D eigenvalue weighted by molar-refractivity contribution is 7.26. The van der Waals surface area contributed by atoms with E-state index in [1.165, 1.54) is 37.0 Å². The maximum atomic E-state index is 6.44. The van der Waals surface area contributed by atoms with Crippen LogP contribution in [0.15, 0.2) is 180 Å². The van der Waals surface area contributed by atoms with E-state index in [-0.39, 0.29) is 0 Å². The average Bonchev–Trinajstić information content (AvgIpc) is 3.82. The van der Waals surface area contributed by atoms with Gasteiger partial charge in [-0.2, -0.15) is 0 Å². The number of hydrogen-bond acceptors (Lipinski definition) is 5. The molecule has 11 rings (SSSR count). The molecule has 252 valence electrons. The van der Waals surface area contributed by atoms with Gasteiger partial charge in [-0.1, -0.05) is 133 Å². The van der Waals surface area contributed by atoms with Crippen molar-refractivity contribution in [3.63, 3.8) is 0 Å². The van der Waals surface area contributed by atoms with E-state index in [0.29, 0.717) is 17.5 Å². The van der Waals surface area contributed by atoms with E-state index in [2.05, 4.69) is 152 Å². The molecule has 0 saturated heterocycles. The first-order valence-corrected chi connectivity index (χ1v) is 18.8. The lowest BCUT2D eigenvalue weighted by Crippen LogP contribution is -2.00. The van der Waals surface area contributed by atoms with Gasteiger partial charge >= 0.3 is 0 Å². The molecule has 0 amide bonds. The Morgan fingerprint density at radius 1 is 0.370 bits per heavy atom. The van der Waals surface area contributed by atoms with E-state index in [0.717, 1.165) is 54.8 Å². The molecule has 8 aromatic carbocycles. The lowest BCUT2D eigenvalue weighted by atomic mass is 9.98. The Morgan fingerprint density at radius 3 is 1.81 bits per heavy atom. The molecule has 0 aliphatic heterocycles. The maximum absolute atomic E-state index is 6.44. The topological polar surface area (TPSA) is 51.8 Å².